The zero-order chi connectivity index (χ0) is 16.6. The second kappa shape index (κ2) is 8.68. The summed E-state index contributed by atoms with van der Waals surface area (Å²) in [7, 11) is 0. The molecule has 1 amide bonds. The van der Waals surface area contributed by atoms with E-state index in [2.05, 4.69) is 29.6 Å². The summed E-state index contributed by atoms with van der Waals surface area (Å²) in [5.41, 5.74) is 2.30. The number of nitrogens with one attached hydrogen (secondary N) is 1. The molecule has 1 aliphatic carbocycles. The molecule has 1 atom stereocenters. The minimum Gasteiger partial charge on any atom is -0.349 e. The second-order valence-electron chi connectivity index (χ2n) is 6.93. The van der Waals surface area contributed by atoms with Crippen molar-refractivity contribution in [1.82, 2.24) is 5.32 Å². The summed E-state index contributed by atoms with van der Waals surface area (Å²) in [4.78, 5) is 12.5. The van der Waals surface area contributed by atoms with E-state index in [1.54, 1.807) is 0 Å². The maximum atomic E-state index is 12.5. The van der Waals surface area contributed by atoms with Gasteiger partial charge in [0.15, 0.2) is 0 Å². The highest BCUT2D eigenvalue weighted by Gasteiger charge is 2.21. The molecule has 1 saturated carbocycles. The third-order valence-electron chi connectivity index (χ3n) is 5.04. The Morgan fingerprint density at radius 2 is 1.54 bits per heavy atom. The van der Waals surface area contributed by atoms with Gasteiger partial charge in [0.1, 0.15) is 0 Å². The molecule has 2 heteroatoms. The summed E-state index contributed by atoms with van der Waals surface area (Å²) < 4.78 is 0. The van der Waals surface area contributed by atoms with Gasteiger partial charge in [-0.3, -0.25) is 4.79 Å². The van der Waals surface area contributed by atoms with Gasteiger partial charge >= 0.3 is 0 Å². The average molecular weight is 321 g/mol. The smallest absolute Gasteiger partial charge is 0.224 e. The van der Waals surface area contributed by atoms with Gasteiger partial charge in [-0.05, 0) is 23.5 Å². The third-order valence-corrected chi connectivity index (χ3v) is 5.04. The van der Waals surface area contributed by atoms with Gasteiger partial charge in [0, 0.05) is 0 Å². The largest absolute Gasteiger partial charge is 0.349 e. The molecule has 0 bridgehead atoms. The molecule has 0 heterocycles. The van der Waals surface area contributed by atoms with Crippen LogP contribution in [-0.2, 0) is 11.2 Å². The molecule has 0 aliphatic heterocycles. The molecule has 1 N–H and O–H groups in total. The van der Waals surface area contributed by atoms with E-state index in [9.17, 15) is 4.79 Å². The van der Waals surface area contributed by atoms with Gasteiger partial charge < -0.3 is 5.32 Å². The molecule has 0 radical (unpaired) electrons. The van der Waals surface area contributed by atoms with Crippen LogP contribution in [0.2, 0.25) is 0 Å². The van der Waals surface area contributed by atoms with Gasteiger partial charge in [-0.1, -0.05) is 92.8 Å². The van der Waals surface area contributed by atoms with Gasteiger partial charge in [-0.15, -0.1) is 0 Å². The molecule has 2 aromatic rings. The lowest BCUT2D eigenvalue weighted by Crippen LogP contribution is -2.31. The van der Waals surface area contributed by atoms with Crippen LogP contribution in [0.15, 0.2) is 60.7 Å². The quantitative estimate of drug-likeness (QED) is 0.792. The lowest BCUT2D eigenvalue weighted by atomic mass is 9.83. The molecule has 0 aromatic heterocycles. The van der Waals surface area contributed by atoms with Crippen LogP contribution >= 0.6 is 0 Å². The highest BCUT2D eigenvalue weighted by atomic mass is 16.1. The number of carbonyl (C=O) groups is 1. The number of benzene rings is 2. The fraction of sp³-hybridized carbons (Fsp3) is 0.409. The van der Waals surface area contributed by atoms with Crippen LogP contribution in [0.4, 0.5) is 0 Å². The Labute approximate surface area is 145 Å². The van der Waals surface area contributed by atoms with E-state index >= 15 is 0 Å². The zero-order valence-corrected chi connectivity index (χ0v) is 14.3. The summed E-state index contributed by atoms with van der Waals surface area (Å²) in [6.07, 6.45) is 8.16. The van der Waals surface area contributed by atoms with E-state index in [0.717, 1.165) is 17.9 Å². The van der Waals surface area contributed by atoms with E-state index in [1.807, 2.05) is 36.4 Å². The summed E-state index contributed by atoms with van der Waals surface area (Å²) in [6, 6.07) is 20.5. The lowest BCUT2D eigenvalue weighted by Gasteiger charge is -2.27. The van der Waals surface area contributed by atoms with Crippen molar-refractivity contribution in [3.8, 4) is 0 Å². The fourth-order valence-electron chi connectivity index (χ4n) is 3.75. The summed E-state index contributed by atoms with van der Waals surface area (Å²) >= 11 is 0. The first-order valence-electron chi connectivity index (χ1n) is 9.19. The molecule has 1 unspecified atom stereocenters. The minimum atomic E-state index is 0.117. The van der Waals surface area contributed by atoms with Crippen LogP contribution in [0.5, 0.6) is 0 Å². The maximum absolute atomic E-state index is 12.5. The summed E-state index contributed by atoms with van der Waals surface area (Å²) in [5.74, 6) is 0.854. The number of carbonyl (C=O) groups excluding carboxylic acids is 1. The van der Waals surface area contributed by atoms with Crippen LogP contribution in [0, 0.1) is 5.92 Å². The molecule has 1 fully saturated rings. The third kappa shape index (κ3) is 4.95. The Morgan fingerprint density at radius 1 is 0.917 bits per heavy atom. The topological polar surface area (TPSA) is 29.1 Å². The van der Waals surface area contributed by atoms with Crippen LogP contribution in [-0.4, -0.2) is 5.91 Å². The first kappa shape index (κ1) is 16.8. The maximum Gasteiger partial charge on any atom is 0.224 e. The van der Waals surface area contributed by atoms with Crippen molar-refractivity contribution in [2.24, 2.45) is 5.92 Å². The molecule has 126 valence electrons. The predicted octanol–water partition coefficient (Wildman–Crippen LogP) is 5.06. The number of rotatable bonds is 6. The van der Waals surface area contributed by atoms with E-state index in [1.165, 1.54) is 37.7 Å². The van der Waals surface area contributed by atoms with Gasteiger partial charge in [-0.2, -0.15) is 0 Å². The van der Waals surface area contributed by atoms with Crippen molar-refractivity contribution in [3.63, 3.8) is 0 Å². The normalized spacial score (nSPS) is 16.5. The Morgan fingerprint density at radius 3 is 2.21 bits per heavy atom. The Bertz CT molecular complexity index is 617. The average Bonchev–Trinajstić information content (AvgIpc) is 2.63. The lowest BCUT2D eigenvalue weighted by molar-refractivity contribution is -0.121. The molecular weight excluding hydrogens is 294 g/mol. The standard InChI is InChI=1S/C22H27NO/c24-22(17-19-12-6-2-7-13-19)23-21(20-14-8-3-9-15-20)16-18-10-4-1-5-11-18/h2-3,6-9,12-15,18,21H,1,4-5,10-11,16-17H2,(H,23,24). The fourth-order valence-corrected chi connectivity index (χ4v) is 3.75. The first-order valence-corrected chi connectivity index (χ1v) is 9.19. The van der Waals surface area contributed by atoms with Crippen molar-refractivity contribution >= 4 is 5.91 Å². The Hall–Kier alpha value is -2.09. The van der Waals surface area contributed by atoms with Crippen molar-refractivity contribution in [2.75, 3.05) is 0 Å². The van der Waals surface area contributed by atoms with E-state index in [-0.39, 0.29) is 11.9 Å². The molecule has 2 aromatic carbocycles. The first-order chi connectivity index (χ1) is 11.8. The summed E-state index contributed by atoms with van der Waals surface area (Å²) in [6.45, 7) is 0. The highest BCUT2D eigenvalue weighted by Crippen LogP contribution is 2.31. The number of amides is 1. The molecule has 1 aliphatic rings. The van der Waals surface area contributed by atoms with Crippen molar-refractivity contribution in [1.29, 1.82) is 0 Å². The van der Waals surface area contributed by atoms with Gasteiger partial charge in [0.25, 0.3) is 0 Å². The molecular formula is C22H27NO. The Balaban J connectivity index is 1.66. The highest BCUT2D eigenvalue weighted by molar-refractivity contribution is 5.79. The van der Waals surface area contributed by atoms with Crippen molar-refractivity contribution < 1.29 is 4.79 Å². The van der Waals surface area contributed by atoms with E-state index in [0.29, 0.717) is 6.42 Å². The molecule has 3 rings (SSSR count). The van der Waals surface area contributed by atoms with Crippen molar-refractivity contribution in [3.05, 3.63) is 71.8 Å². The van der Waals surface area contributed by atoms with Crippen LogP contribution in [0.3, 0.4) is 0 Å². The summed E-state index contributed by atoms with van der Waals surface area (Å²) in [5, 5.41) is 3.29. The second-order valence-corrected chi connectivity index (χ2v) is 6.93. The molecule has 0 saturated heterocycles. The zero-order valence-electron chi connectivity index (χ0n) is 14.3. The van der Waals surface area contributed by atoms with Crippen LogP contribution < -0.4 is 5.32 Å². The monoisotopic (exact) mass is 321 g/mol. The SMILES string of the molecule is O=C(Cc1ccccc1)NC(CC1CCCCC1)c1ccccc1. The number of hydrogen-bond acceptors (Lipinski definition) is 1. The predicted molar refractivity (Wildman–Crippen MR) is 98.7 cm³/mol. The van der Waals surface area contributed by atoms with E-state index < -0.39 is 0 Å². The van der Waals surface area contributed by atoms with Crippen LogP contribution in [0.25, 0.3) is 0 Å². The van der Waals surface area contributed by atoms with Gasteiger partial charge in [-0.25, -0.2) is 0 Å². The van der Waals surface area contributed by atoms with Gasteiger partial charge in [0.2, 0.25) is 5.91 Å². The van der Waals surface area contributed by atoms with Crippen LogP contribution in [0.1, 0.15) is 55.7 Å². The Kier molecular flexibility index (Phi) is 6.06. The molecule has 24 heavy (non-hydrogen) atoms. The number of hydrogen-bond donors (Lipinski definition) is 1. The molecule has 0 spiro atoms. The molecule has 2 nitrogen and oxygen atoms in total. The van der Waals surface area contributed by atoms with Crippen molar-refractivity contribution in [2.45, 2.75) is 51.0 Å². The van der Waals surface area contributed by atoms with E-state index in [4.69, 9.17) is 0 Å². The minimum absolute atomic E-state index is 0.117. The van der Waals surface area contributed by atoms with Gasteiger partial charge in [0.05, 0.1) is 12.5 Å².